The molecule has 1 amide bonds. The first kappa shape index (κ1) is 17.1. The van der Waals surface area contributed by atoms with Gasteiger partial charge in [0.15, 0.2) is 0 Å². The molecule has 2 aromatic heterocycles. The number of hydrogen-bond acceptors (Lipinski definition) is 4. The monoisotopic (exact) mass is 346 g/mol. The van der Waals surface area contributed by atoms with E-state index >= 15 is 0 Å². The van der Waals surface area contributed by atoms with Crippen molar-refractivity contribution in [2.24, 2.45) is 7.05 Å². The molecule has 6 heteroatoms. The molecule has 1 atom stereocenters. The second-order valence-electron chi connectivity index (χ2n) is 6.55. The van der Waals surface area contributed by atoms with E-state index < -0.39 is 0 Å². The molecule has 0 N–H and O–H groups in total. The zero-order chi connectivity index (χ0) is 17.1. The van der Waals surface area contributed by atoms with Crippen LogP contribution in [0.1, 0.15) is 65.0 Å². The summed E-state index contributed by atoms with van der Waals surface area (Å²) in [5, 5.41) is 8.22. The predicted octanol–water partition coefficient (Wildman–Crippen LogP) is 3.41. The fourth-order valence-electron chi connectivity index (χ4n) is 3.50. The number of aromatic nitrogens is 3. The van der Waals surface area contributed by atoms with E-state index in [1.165, 1.54) is 10.4 Å². The Bertz CT molecular complexity index is 706. The van der Waals surface area contributed by atoms with Crippen LogP contribution in [0.3, 0.4) is 0 Å². The third-order valence-corrected chi connectivity index (χ3v) is 6.01. The minimum atomic E-state index is 0.184. The highest BCUT2D eigenvalue weighted by Gasteiger charge is 2.29. The molecular weight excluding hydrogens is 320 g/mol. The van der Waals surface area contributed by atoms with Crippen LogP contribution in [0.15, 0.2) is 12.4 Å². The highest BCUT2D eigenvalue weighted by atomic mass is 32.1. The van der Waals surface area contributed by atoms with Crippen LogP contribution in [0.25, 0.3) is 0 Å². The Hall–Kier alpha value is -1.69. The molecule has 0 aromatic carbocycles. The first-order valence-corrected chi connectivity index (χ1v) is 9.70. The van der Waals surface area contributed by atoms with Gasteiger partial charge in [0, 0.05) is 30.9 Å². The summed E-state index contributed by atoms with van der Waals surface area (Å²) in [7, 11) is 1.97. The maximum Gasteiger partial charge on any atom is 0.263 e. The first-order valence-electron chi connectivity index (χ1n) is 8.88. The number of rotatable bonds is 5. The number of carbonyl (C=O) groups excluding carboxylic acids is 1. The zero-order valence-electron chi connectivity index (χ0n) is 14.8. The molecule has 0 saturated carbocycles. The summed E-state index contributed by atoms with van der Waals surface area (Å²) in [6, 6.07) is 2.12. The van der Waals surface area contributed by atoms with E-state index in [-0.39, 0.29) is 11.8 Å². The fourth-order valence-corrected chi connectivity index (χ4v) is 4.82. The minimum Gasteiger partial charge on any atom is -0.337 e. The molecule has 1 unspecified atom stereocenters. The number of carbonyl (C=O) groups is 1. The van der Waals surface area contributed by atoms with Crippen molar-refractivity contribution in [1.29, 1.82) is 0 Å². The normalized spacial score (nSPS) is 18.1. The molecule has 130 valence electrons. The molecule has 3 heterocycles. The van der Waals surface area contributed by atoms with E-state index in [4.69, 9.17) is 0 Å². The predicted molar refractivity (Wildman–Crippen MR) is 96.6 cm³/mol. The van der Waals surface area contributed by atoms with E-state index in [1.807, 2.05) is 16.5 Å². The van der Waals surface area contributed by atoms with Gasteiger partial charge in [-0.15, -0.1) is 21.5 Å². The van der Waals surface area contributed by atoms with E-state index in [0.717, 1.165) is 55.9 Å². The van der Waals surface area contributed by atoms with Gasteiger partial charge in [-0.25, -0.2) is 0 Å². The summed E-state index contributed by atoms with van der Waals surface area (Å²) in [5.41, 5.74) is 1.34. The third-order valence-electron chi connectivity index (χ3n) is 4.79. The molecule has 1 aliphatic rings. The molecule has 0 aliphatic carbocycles. The number of nitrogens with zero attached hydrogens (tertiary/aromatic N) is 4. The van der Waals surface area contributed by atoms with Gasteiger partial charge in [-0.05, 0) is 37.3 Å². The van der Waals surface area contributed by atoms with Crippen LogP contribution >= 0.6 is 11.3 Å². The van der Waals surface area contributed by atoms with Gasteiger partial charge in [-0.1, -0.05) is 20.3 Å². The van der Waals surface area contributed by atoms with E-state index in [9.17, 15) is 4.79 Å². The Balaban J connectivity index is 1.76. The van der Waals surface area contributed by atoms with Crippen molar-refractivity contribution >= 4 is 17.2 Å². The Morgan fingerprint density at radius 2 is 2.25 bits per heavy atom. The van der Waals surface area contributed by atoms with Crippen LogP contribution in [0.4, 0.5) is 0 Å². The summed E-state index contributed by atoms with van der Waals surface area (Å²) < 4.78 is 1.97. The van der Waals surface area contributed by atoms with E-state index in [1.54, 1.807) is 17.7 Å². The summed E-state index contributed by atoms with van der Waals surface area (Å²) in [5.74, 6) is 1.46. The number of piperidine rings is 1. The third kappa shape index (κ3) is 3.38. The van der Waals surface area contributed by atoms with Gasteiger partial charge in [0.1, 0.15) is 12.2 Å². The number of aryl methyl sites for hydroxylation is 3. The van der Waals surface area contributed by atoms with Gasteiger partial charge >= 0.3 is 0 Å². The largest absolute Gasteiger partial charge is 0.337 e. The lowest BCUT2D eigenvalue weighted by atomic mass is 9.97. The molecule has 1 fully saturated rings. The molecule has 1 aliphatic heterocycles. The van der Waals surface area contributed by atoms with Gasteiger partial charge < -0.3 is 9.47 Å². The van der Waals surface area contributed by atoms with Crippen molar-refractivity contribution < 1.29 is 4.79 Å². The summed E-state index contributed by atoms with van der Waals surface area (Å²) in [4.78, 5) is 17.3. The zero-order valence-corrected chi connectivity index (χ0v) is 15.6. The number of thiophene rings is 1. The average molecular weight is 347 g/mol. The summed E-state index contributed by atoms with van der Waals surface area (Å²) in [6.45, 7) is 5.95. The standard InChI is InChI=1S/C18H26N4OS/c1-4-7-15-13(5-2)10-16(24-15)18(23)22-9-6-8-14(11-22)17-20-19-12-21(17)3/h10,12,14H,4-9,11H2,1-3H3. The van der Waals surface area contributed by atoms with Gasteiger partial charge in [0.05, 0.1) is 4.88 Å². The summed E-state index contributed by atoms with van der Waals surface area (Å²) in [6.07, 6.45) is 7.03. The van der Waals surface area contributed by atoms with Crippen molar-refractivity contribution in [2.45, 2.75) is 51.9 Å². The van der Waals surface area contributed by atoms with Gasteiger partial charge in [-0.3, -0.25) is 4.79 Å². The van der Waals surface area contributed by atoms with Gasteiger partial charge in [0.25, 0.3) is 5.91 Å². The maximum absolute atomic E-state index is 13.0. The van der Waals surface area contributed by atoms with E-state index in [2.05, 4.69) is 30.1 Å². The van der Waals surface area contributed by atoms with Crippen LogP contribution in [0, 0.1) is 0 Å². The SMILES string of the molecule is CCCc1sc(C(=O)N2CCCC(c3nncn3C)C2)cc1CC. The minimum absolute atomic E-state index is 0.184. The van der Waals surface area contributed by atoms with Crippen LogP contribution < -0.4 is 0 Å². The number of hydrogen-bond donors (Lipinski definition) is 0. The lowest BCUT2D eigenvalue weighted by Gasteiger charge is -2.31. The molecular formula is C18H26N4OS. The lowest BCUT2D eigenvalue weighted by Crippen LogP contribution is -2.39. The molecule has 24 heavy (non-hydrogen) atoms. The Kier molecular flexibility index (Phi) is 5.33. The molecule has 3 rings (SSSR count). The Labute approximate surface area is 147 Å². The number of likely N-dealkylation sites (tertiary alicyclic amines) is 1. The second-order valence-corrected chi connectivity index (χ2v) is 7.69. The van der Waals surface area contributed by atoms with Crippen molar-refractivity contribution in [3.63, 3.8) is 0 Å². The van der Waals surface area contributed by atoms with Crippen LogP contribution in [0.2, 0.25) is 0 Å². The molecule has 0 radical (unpaired) electrons. The fraction of sp³-hybridized carbons (Fsp3) is 0.611. The first-order chi connectivity index (χ1) is 11.6. The highest BCUT2D eigenvalue weighted by Crippen LogP contribution is 2.29. The smallest absolute Gasteiger partial charge is 0.263 e. The Morgan fingerprint density at radius 3 is 2.92 bits per heavy atom. The van der Waals surface area contributed by atoms with Crippen LogP contribution in [-0.4, -0.2) is 38.7 Å². The molecule has 0 spiro atoms. The van der Waals surface area contributed by atoms with Crippen LogP contribution in [0.5, 0.6) is 0 Å². The van der Waals surface area contributed by atoms with Crippen molar-refractivity contribution in [1.82, 2.24) is 19.7 Å². The second kappa shape index (κ2) is 7.47. The maximum atomic E-state index is 13.0. The van der Waals surface area contributed by atoms with Crippen molar-refractivity contribution in [3.8, 4) is 0 Å². The molecule has 1 saturated heterocycles. The number of amides is 1. The van der Waals surface area contributed by atoms with Crippen molar-refractivity contribution in [2.75, 3.05) is 13.1 Å². The lowest BCUT2D eigenvalue weighted by molar-refractivity contribution is 0.0708. The van der Waals surface area contributed by atoms with E-state index in [0.29, 0.717) is 0 Å². The van der Waals surface area contributed by atoms with Gasteiger partial charge in [-0.2, -0.15) is 0 Å². The molecule has 0 bridgehead atoms. The molecule has 5 nitrogen and oxygen atoms in total. The Morgan fingerprint density at radius 1 is 1.42 bits per heavy atom. The summed E-state index contributed by atoms with van der Waals surface area (Å²) >= 11 is 1.69. The van der Waals surface area contributed by atoms with Gasteiger partial charge in [0.2, 0.25) is 0 Å². The average Bonchev–Trinajstić information content (AvgIpc) is 3.21. The van der Waals surface area contributed by atoms with Crippen LogP contribution in [-0.2, 0) is 19.9 Å². The highest BCUT2D eigenvalue weighted by molar-refractivity contribution is 7.14. The topological polar surface area (TPSA) is 51.0 Å². The molecule has 2 aromatic rings. The van der Waals surface area contributed by atoms with Crippen molar-refractivity contribution in [3.05, 3.63) is 33.5 Å². The quantitative estimate of drug-likeness (QED) is 0.833.